The molecule has 3 N–H and O–H groups in total. The number of carbonyl (C=O) groups is 3. The number of benzene rings is 3. The Morgan fingerprint density at radius 1 is 0.796 bits per heavy atom. The minimum Gasteiger partial charge on any atom is -0.381 e. The van der Waals surface area contributed by atoms with Crippen molar-refractivity contribution in [1.82, 2.24) is 20.5 Å². The Labute approximate surface area is 319 Å². The van der Waals surface area contributed by atoms with Crippen LogP contribution in [0.1, 0.15) is 60.2 Å². The predicted octanol–water partition coefficient (Wildman–Crippen LogP) is 6.61. The summed E-state index contributed by atoms with van der Waals surface area (Å²) in [4.78, 5) is 50.0. The lowest BCUT2D eigenvalue weighted by Gasteiger charge is -2.38. The first kappa shape index (κ1) is 34.7. The molecule has 3 fully saturated rings. The molecule has 3 amide bonds. The van der Waals surface area contributed by atoms with E-state index in [-0.39, 0.29) is 29.7 Å². The number of piperidine rings is 2. The van der Waals surface area contributed by atoms with Crippen molar-refractivity contribution in [1.29, 1.82) is 0 Å². The van der Waals surface area contributed by atoms with Gasteiger partial charge in [0.05, 0.1) is 22.8 Å². The van der Waals surface area contributed by atoms with Gasteiger partial charge in [0, 0.05) is 90.7 Å². The minimum absolute atomic E-state index is 0.00768. The summed E-state index contributed by atoms with van der Waals surface area (Å²) in [6.45, 7) is 10.2. The number of imide groups is 1. The first-order valence-corrected chi connectivity index (χ1v) is 20.4. The number of hydrogen-bond donors (Lipinski definition) is 3. The molecule has 0 radical (unpaired) electrons. The third-order valence-electron chi connectivity index (χ3n) is 12.0. The summed E-state index contributed by atoms with van der Waals surface area (Å²) in [5.74, 6) is 0.177. The highest BCUT2D eigenvalue weighted by Gasteiger charge is 2.29. The van der Waals surface area contributed by atoms with Crippen molar-refractivity contribution in [3.8, 4) is 11.3 Å². The van der Waals surface area contributed by atoms with E-state index in [1.807, 2.05) is 6.92 Å². The number of hydrogen-bond acceptors (Lipinski definition) is 9. The topological polar surface area (TPSA) is 110 Å². The van der Waals surface area contributed by atoms with Crippen LogP contribution < -0.4 is 25.8 Å². The molecular weight excluding hydrogens is 695 g/mol. The van der Waals surface area contributed by atoms with E-state index >= 15 is 0 Å². The maximum Gasteiger partial charge on any atom is 0.263 e. The monoisotopic (exact) mass is 741 g/mol. The summed E-state index contributed by atoms with van der Waals surface area (Å²) in [6.07, 6.45) is 4.70. The third-order valence-corrected chi connectivity index (χ3v) is 13.1. The molecule has 2 aromatic heterocycles. The molecule has 0 aliphatic carbocycles. The zero-order chi connectivity index (χ0) is 36.8. The number of piperazine rings is 1. The molecule has 278 valence electrons. The van der Waals surface area contributed by atoms with Crippen molar-refractivity contribution < 1.29 is 14.4 Å². The van der Waals surface area contributed by atoms with Crippen LogP contribution in [0.15, 0.2) is 72.8 Å². The molecule has 4 aliphatic rings. The average molecular weight is 742 g/mol. The average Bonchev–Trinajstić information content (AvgIpc) is 3.52. The summed E-state index contributed by atoms with van der Waals surface area (Å²) < 4.78 is 1.10. The van der Waals surface area contributed by atoms with E-state index in [4.69, 9.17) is 4.98 Å². The van der Waals surface area contributed by atoms with E-state index in [0.717, 1.165) is 100 Å². The van der Waals surface area contributed by atoms with Gasteiger partial charge in [0.15, 0.2) is 0 Å². The van der Waals surface area contributed by atoms with Crippen LogP contribution in [0.4, 0.5) is 17.1 Å². The molecule has 6 heterocycles. The summed E-state index contributed by atoms with van der Waals surface area (Å²) in [6, 6.07) is 25.8. The van der Waals surface area contributed by atoms with Gasteiger partial charge in [-0.05, 0) is 99.2 Å². The number of amides is 3. The molecule has 9 rings (SSSR count). The number of nitrogens with one attached hydrogen (secondary N) is 3. The van der Waals surface area contributed by atoms with Gasteiger partial charge in [-0.15, -0.1) is 11.3 Å². The number of aromatic nitrogens is 1. The fraction of sp³-hybridized carbons (Fsp3) is 0.395. The number of pyridine rings is 1. The Bertz CT molecular complexity index is 2200. The lowest BCUT2D eigenvalue weighted by atomic mass is 9.90. The van der Waals surface area contributed by atoms with Gasteiger partial charge in [0.2, 0.25) is 11.8 Å². The molecule has 0 spiro atoms. The molecule has 0 bridgehead atoms. The SMILES string of the molecule is C[C@@H]1CNc2c(sc3ccc4nc(-c5ccc(N6CCC(CCN7CCN(c8ccc(C9CCC(=O)NC9=O)cc8)CC7)CC6)cc5)ccc4c23)C(=O)N1. The van der Waals surface area contributed by atoms with E-state index in [1.165, 1.54) is 30.6 Å². The third kappa shape index (κ3) is 6.91. The summed E-state index contributed by atoms with van der Waals surface area (Å²) >= 11 is 1.54. The molecule has 4 aliphatic heterocycles. The number of fused-ring (bicyclic) bond motifs is 5. The largest absolute Gasteiger partial charge is 0.381 e. The highest BCUT2D eigenvalue weighted by molar-refractivity contribution is 7.21. The first-order valence-electron chi connectivity index (χ1n) is 19.5. The van der Waals surface area contributed by atoms with Crippen molar-refractivity contribution in [2.45, 2.75) is 51.0 Å². The van der Waals surface area contributed by atoms with Crippen molar-refractivity contribution in [2.75, 3.05) is 67.5 Å². The Morgan fingerprint density at radius 2 is 1.52 bits per heavy atom. The quantitative estimate of drug-likeness (QED) is 0.160. The van der Waals surface area contributed by atoms with Gasteiger partial charge in [-0.25, -0.2) is 4.98 Å². The highest BCUT2D eigenvalue weighted by Crippen LogP contribution is 2.41. The fourth-order valence-electron chi connectivity index (χ4n) is 8.73. The van der Waals surface area contributed by atoms with Gasteiger partial charge in [-0.1, -0.05) is 24.3 Å². The number of thiophene rings is 1. The predicted molar refractivity (Wildman–Crippen MR) is 218 cm³/mol. The van der Waals surface area contributed by atoms with E-state index in [1.54, 1.807) is 11.3 Å². The Balaban J connectivity index is 0.755. The molecule has 54 heavy (non-hydrogen) atoms. The van der Waals surface area contributed by atoms with Crippen LogP contribution in [0.2, 0.25) is 0 Å². The molecule has 0 saturated carbocycles. The van der Waals surface area contributed by atoms with Crippen LogP contribution in [0.3, 0.4) is 0 Å². The van der Waals surface area contributed by atoms with Gasteiger partial charge in [0.1, 0.15) is 4.88 Å². The second-order valence-corrected chi connectivity index (χ2v) is 16.5. The second kappa shape index (κ2) is 14.7. The van der Waals surface area contributed by atoms with Crippen LogP contribution in [0.25, 0.3) is 32.2 Å². The molecule has 3 saturated heterocycles. The van der Waals surface area contributed by atoms with Gasteiger partial charge in [0.25, 0.3) is 5.91 Å². The van der Waals surface area contributed by atoms with Crippen molar-refractivity contribution in [2.24, 2.45) is 5.92 Å². The maximum absolute atomic E-state index is 12.8. The normalized spacial score (nSPS) is 21.5. The van der Waals surface area contributed by atoms with Crippen LogP contribution in [0, 0.1) is 5.92 Å². The number of rotatable bonds is 7. The fourth-order valence-corrected chi connectivity index (χ4v) is 9.83. The smallest absolute Gasteiger partial charge is 0.263 e. The Hall–Kier alpha value is -5.00. The lowest BCUT2D eigenvalue weighted by molar-refractivity contribution is -0.134. The summed E-state index contributed by atoms with van der Waals surface area (Å²) in [7, 11) is 0. The van der Waals surface area contributed by atoms with Crippen LogP contribution in [0.5, 0.6) is 0 Å². The van der Waals surface area contributed by atoms with Gasteiger partial charge in [-0.2, -0.15) is 0 Å². The molecule has 1 unspecified atom stereocenters. The van der Waals surface area contributed by atoms with Crippen molar-refractivity contribution in [3.63, 3.8) is 0 Å². The number of carbonyl (C=O) groups excluding carboxylic acids is 3. The highest BCUT2D eigenvalue weighted by atomic mass is 32.1. The molecule has 11 heteroatoms. The van der Waals surface area contributed by atoms with Crippen LogP contribution in [-0.2, 0) is 9.59 Å². The Kier molecular flexibility index (Phi) is 9.44. The molecule has 2 atom stereocenters. The molecular formula is C43H47N7O3S. The van der Waals surface area contributed by atoms with E-state index < -0.39 is 0 Å². The van der Waals surface area contributed by atoms with Crippen LogP contribution >= 0.6 is 11.3 Å². The molecule has 3 aromatic carbocycles. The van der Waals surface area contributed by atoms with Gasteiger partial charge < -0.3 is 20.4 Å². The maximum atomic E-state index is 12.8. The number of anilines is 3. The van der Waals surface area contributed by atoms with E-state index in [0.29, 0.717) is 19.4 Å². The standard InChI is InChI=1S/C43H47N7O3S/c1-27-26-44-40-39-34-10-12-35(46-36(34)13-14-37(39)54-41(40)43(53)45-27)30-4-8-31(9-5-30)49-20-17-28(18-21-49)16-19-48-22-24-50(25-23-48)32-6-2-29(3-7-32)33-11-15-38(51)47-42(33)52/h2-10,12-14,27-28,33,44H,11,15-26H2,1H3,(H,45,53)(H,47,51,52)/t27-,33?/m1/s1. The lowest BCUT2D eigenvalue weighted by Crippen LogP contribution is -2.47. The van der Waals surface area contributed by atoms with E-state index in [9.17, 15) is 14.4 Å². The Morgan fingerprint density at radius 3 is 2.26 bits per heavy atom. The first-order chi connectivity index (χ1) is 26.4. The van der Waals surface area contributed by atoms with Crippen LogP contribution in [-0.4, -0.2) is 86.0 Å². The zero-order valence-electron chi connectivity index (χ0n) is 30.8. The second-order valence-electron chi connectivity index (χ2n) is 15.5. The van der Waals surface area contributed by atoms with E-state index in [2.05, 4.69) is 103 Å². The number of nitrogens with zero attached hydrogens (tertiary/aromatic N) is 4. The molecule has 5 aromatic rings. The zero-order valence-corrected chi connectivity index (χ0v) is 31.6. The molecule has 10 nitrogen and oxygen atoms in total. The van der Waals surface area contributed by atoms with Gasteiger partial charge in [-0.3, -0.25) is 24.6 Å². The van der Waals surface area contributed by atoms with Crippen molar-refractivity contribution >= 4 is 67.1 Å². The van der Waals surface area contributed by atoms with Gasteiger partial charge >= 0.3 is 0 Å². The van der Waals surface area contributed by atoms with Crippen molar-refractivity contribution in [3.05, 3.63) is 83.2 Å². The minimum atomic E-state index is -0.231. The summed E-state index contributed by atoms with van der Waals surface area (Å²) in [5, 5.41) is 11.2. The summed E-state index contributed by atoms with van der Waals surface area (Å²) in [5.41, 5.74) is 7.40.